The smallest absolute Gasteiger partial charge is 0.255 e. The molecule has 1 N–H and O–H groups in total. The van der Waals surface area contributed by atoms with Crippen LogP contribution in [0.15, 0.2) is 24.3 Å². The predicted molar refractivity (Wildman–Crippen MR) is 104 cm³/mol. The van der Waals surface area contributed by atoms with Gasteiger partial charge < -0.3 is 10.2 Å². The summed E-state index contributed by atoms with van der Waals surface area (Å²) in [5.74, 6) is -0.184. The Kier molecular flexibility index (Phi) is 5.00. The molecule has 2 amide bonds. The van der Waals surface area contributed by atoms with Crippen LogP contribution in [-0.4, -0.2) is 45.3 Å². The molecule has 0 aliphatic carbocycles. The van der Waals surface area contributed by atoms with E-state index in [-0.39, 0.29) is 11.8 Å². The van der Waals surface area contributed by atoms with Gasteiger partial charge in [-0.1, -0.05) is 0 Å². The van der Waals surface area contributed by atoms with Gasteiger partial charge in [0.05, 0.1) is 28.1 Å². The number of hydrogen-bond acceptors (Lipinski definition) is 4. The lowest BCUT2D eigenvalue weighted by Gasteiger charge is -2.26. The van der Waals surface area contributed by atoms with Gasteiger partial charge >= 0.3 is 0 Å². The summed E-state index contributed by atoms with van der Waals surface area (Å²) in [6, 6.07) is 7.32. The number of carbonyl (C=O) groups is 2. The number of nitrogens with one attached hydrogen (secondary N) is 1. The van der Waals surface area contributed by atoms with Crippen LogP contribution in [0.3, 0.4) is 0 Å². The van der Waals surface area contributed by atoms with Crippen LogP contribution in [0.25, 0.3) is 0 Å². The van der Waals surface area contributed by atoms with Gasteiger partial charge in [-0.2, -0.15) is 0 Å². The Morgan fingerprint density at radius 2 is 1.52 bits per heavy atom. The molecule has 6 heteroatoms. The van der Waals surface area contributed by atoms with E-state index in [4.69, 9.17) is 0 Å². The molecule has 1 unspecified atom stereocenters. The molecule has 0 spiro atoms. The quantitative estimate of drug-likeness (QED) is 0.906. The van der Waals surface area contributed by atoms with Gasteiger partial charge in [0.1, 0.15) is 0 Å². The average molecular weight is 366 g/mol. The van der Waals surface area contributed by atoms with Gasteiger partial charge in [-0.25, -0.2) is 0 Å². The van der Waals surface area contributed by atoms with Crippen molar-refractivity contribution in [2.45, 2.75) is 46.6 Å². The summed E-state index contributed by atoms with van der Waals surface area (Å²) in [7, 11) is 0. The van der Waals surface area contributed by atoms with Gasteiger partial charge in [-0.3, -0.25) is 19.6 Å². The second kappa shape index (κ2) is 7.10. The molecule has 3 rings (SSSR count). The summed E-state index contributed by atoms with van der Waals surface area (Å²) < 4.78 is 0. The molecule has 6 nitrogen and oxygen atoms in total. The minimum Gasteiger partial charge on any atom is -0.345 e. The van der Waals surface area contributed by atoms with E-state index < -0.39 is 5.54 Å². The van der Waals surface area contributed by atoms with Crippen molar-refractivity contribution in [1.29, 1.82) is 0 Å². The minimum atomic E-state index is -0.462. The van der Waals surface area contributed by atoms with E-state index in [1.165, 1.54) is 0 Å². The van der Waals surface area contributed by atoms with Crippen molar-refractivity contribution in [2.24, 2.45) is 0 Å². The molecule has 3 heterocycles. The first kappa shape index (κ1) is 19.0. The van der Waals surface area contributed by atoms with Crippen molar-refractivity contribution >= 4 is 11.8 Å². The number of aryl methyl sites for hydroxylation is 4. The van der Waals surface area contributed by atoms with E-state index in [0.717, 1.165) is 17.1 Å². The fourth-order valence-electron chi connectivity index (χ4n) is 3.59. The molecule has 1 saturated heterocycles. The van der Waals surface area contributed by atoms with Gasteiger partial charge in [0.15, 0.2) is 0 Å². The normalized spacial score (nSPS) is 19.2. The Morgan fingerprint density at radius 1 is 0.963 bits per heavy atom. The largest absolute Gasteiger partial charge is 0.345 e. The molecule has 142 valence electrons. The number of aromatic nitrogens is 2. The Balaban J connectivity index is 1.72. The second-order valence-electron chi connectivity index (χ2n) is 7.66. The van der Waals surface area contributed by atoms with Crippen LogP contribution in [0, 0.1) is 27.7 Å². The lowest BCUT2D eigenvalue weighted by atomic mass is 10.0. The molecule has 0 aromatic carbocycles. The summed E-state index contributed by atoms with van der Waals surface area (Å²) in [5.41, 5.74) is 3.96. The number of rotatable bonds is 3. The van der Waals surface area contributed by atoms with Crippen molar-refractivity contribution in [3.05, 3.63) is 58.2 Å². The number of likely N-dealkylation sites (tertiary alicyclic amines) is 1. The average Bonchev–Trinajstić information content (AvgIpc) is 2.96. The van der Waals surface area contributed by atoms with Gasteiger partial charge in [0, 0.05) is 24.5 Å². The molecule has 1 atom stereocenters. The maximum Gasteiger partial charge on any atom is 0.255 e. The molecule has 0 radical (unpaired) electrons. The molecule has 0 saturated carbocycles. The first-order valence-corrected chi connectivity index (χ1v) is 9.19. The first-order chi connectivity index (χ1) is 12.7. The van der Waals surface area contributed by atoms with Crippen LogP contribution >= 0.6 is 0 Å². The topological polar surface area (TPSA) is 75.2 Å². The van der Waals surface area contributed by atoms with E-state index in [1.54, 1.807) is 11.0 Å². The molecule has 27 heavy (non-hydrogen) atoms. The van der Waals surface area contributed by atoms with Gasteiger partial charge in [-0.05, 0) is 65.3 Å². The van der Waals surface area contributed by atoms with Crippen LogP contribution in [0.2, 0.25) is 0 Å². The molecule has 1 aliphatic heterocycles. The maximum absolute atomic E-state index is 12.9. The molecule has 0 bridgehead atoms. The van der Waals surface area contributed by atoms with E-state index in [0.29, 0.717) is 36.3 Å². The number of carbonyl (C=O) groups excluding carboxylic acids is 2. The summed E-state index contributed by atoms with van der Waals surface area (Å²) in [4.78, 5) is 36.1. The highest BCUT2D eigenvalue weighted by Crippen LogP contribution is 2.24. The summed E-state index contributed by atoms with van der Waals surface area (Å²) in [5, 5.41) is 3.10. The van der Waals surface area contributed by atoms with Crippen molar-refractivity contribution < 1.29 is 9.59 Å². The van der Waals surface area contributed by atoms with E-state index in [2.05, 4.69) is 15.3 Å². The number of hydrogen-bond donors (Lipinski definition) is 1. The lowest BCUT2D eigenvalue weighted by molar-refractivity contribution is 0.0767. The van der Waals surface area contributed by atoms with Gasteiger partial charge in [-0.15, -0.1) is 0 Å². The minimum absolute atomic E-state index is 0.0360. The summed E-state index contributed by atoms with van der Waals surface area (Å²) in [6.07, 6.45) is 0.709. The zero-order chi connectivity index (χ0) is 19.8. The summed E-state index contributed by atoms with van der Waals surface area (Å²) in [6.45, 7) is 10.6. The van der Waals surface area contributed by atoms with Crippen LogP contribution in [0.1, 0.15) is 56.8 Å². The highest BCUT2D eigenvalue weighted by molar-refractivity contribution is 5.97. The van der Waals surface area contributed by atoms with Crippen LogP contribution < -0.4 is 5.32 Å². The lowest BCUT2D eigenvalue weighted by Crippen LogP contribution is -2.48. The molecule has 1 fully saturated rings. The maximum atomic E-state index is 12.9. The fourth-order valence-corrected chi connectivity index (χ4v) is 3.59. The number of pyridine rings is 2. The van der Waals surface area contributed by atoms with Crippen LogP contribution in [-0.2, 0) is 0 Å². The Morgan fingerprint density at radius 3 is 2.07 bits per heavy atom. The molecule has 2 aromatic rings. The van der Waals surface area contributed by atoms with Crippen molar-refractivity contribution in [3.8, 4) is 0 Å². The van der Waals surface area contributed by atoms with Crippen LogP contribution in [0.5, 0.6) is 0 Å². The van der Waals surface area contributed by atoms with E-state index >= 15 is 0 Å². The summed E-state index contributed by atoms with van der Waals surface area (Å²) >= 11 is 0. The standard InChI is InChI=1S/C21H26N4O2/c1-13-6-8-17(15(3)22-13)19(26)24-21(5)10-11-25(12-21)20(27)18-9-7-14(2)23-16(18)4/h6-9H,10-12H2,1-5H3,(H,24,26). The first-order valence-electron chi connectivity index (χ1n) is 9.19. The molecule has 2 aromatic heterocycles. The number of amides is 2. The highest BCUT2D eigenvalue weighted by atomic mass is 16.2. The fraction of sp³-hybridized carbons (Fsp3) is 0.429. The van der Waals surface area contributed by atoms with Gasteiger partial charge in [0.25, 0.3) is 11.8 Å². The van der Waals surface area contributed by atoms with E-state index in [1.807, 2.05) is 52.8 Å². The van der Waals surface area contributed by atoms with Crippen LogP contribution in [0.4, 0.5) is 0 Å². The van der Waals surface area contributed by atoms with Gasteiger partial charge in [0.2, 0.25) is 0 Å². The third-order valence-electron chi connectivity index (χ3n) is 5.10. The zero-order valence-corrected chi connectivity index (χ0v) is 16.6. The Bertz CT molecular complexity index is 909. The van der Waals surface area contributed by atoms with Crippen molar-refractivity contribution in [1.82, 2.24) is 20.2 Å². The Labute approximate surface area is 160 Å². The SMILES string of the molecule is Cc1ccc(C(=O)NC2(C)CCN(C(=O)c3ccc(C)nc3C)C2)c(C)n1. The molecular weight excluding hydrogens is 340 g/mol. The highest BCUT2D eigenvalue weighted by Gasteiger charge is 2.38. The molecule has 1 aliphatic rings. The second-order valence-corrected chi connectivity index (χ2v) is 7.66. The van der Waals surface area contributed by atoms with Crippen molar-refractivity contribution in [2.75, 3.05) is 13.1 Å². The third-order valence-corrected chi connectivity index (χ3v) is 5.10. The van der Waals surface area contributed by atoms with E-state index in [9.17, 15) is 9.59 Å². The zero-order valence-electron chi connectivity index (χ0n) is 16.6. The monoisotopic (exact) mass is 366 g/mol. The van der Waals surface area contributed by atoms with Crippen molar-refractivity contribution in [3.63, 3.8) is 0 Å². The number of nitrogens with zero attached hydrogens (tertiary/aromatic N) is 3. The molecular formula is C21H26N4O2. The third kappa shape index (κ3) is 3.99. The predicted octanol–water partition coefficient (Wildman–Crippen LogP) is 2.74. The Hall–Kier alpha value is -2.76.